The lowest BCUT2D eigenvalue weighted by Crippen LogP contribution is -2.13. The summed E-state index contributed by atoms with van der Waals surface area (Å²) >= 11 is 7.14. The van der Waals surface area contributed by atoms with Crippen molar-refractivity contribution in [3.63, 3.8) is 0 Å². The second-order valence-corrected chi connectivity index (χ2v) is 6.48. The Bertz CT molecular complexity index is 655. The van der Waals surface area contributed by atoms with Crippen molar-refractivity contribution in [1.29, 1.82) is 0 Å². The van der Waals surface area contributed by atoms with Crippen molar-refractivity contribution in [3.05, 3.63) is 39.7 Å². The van der Waals surface area contributed by atoms with Crippen LogP contribution in [0.15, 0.2) is 34.7 Å². The molecule has 0 aliphatic rings. The quantitative estimate of drug-likeness (QED) is 0.905. The highest BCUT2D eigenvalue weighted by molar-refractivity contribution is 7.92. The van der Waals surface area contributed by atoms with E-state index in [-0.39, 0.29) is 15.7 Å². The Morgan fingerprint density at radius 1 is 1.50 bits per heavy atom. The van der Waals surface area contributed by atoms with Crippen molar-refractivity contribution < 1.29 is 8.42 Å². The van der Waals surface area contributed by atoms with E-state index in [1.165, 1.54) is 29.0 Å². The molecule has 0 unspecified atom stereocenters. The van der Waals surface area contributed by atoms with Gasteiger partial charge in [-0.25, -0.2) is 13.4 Å². The lowest BCUT2D eigenvalue weighted by Gasteiger charge is -2.06. The van der Waals surface area contributed by atoms with Gasteiger partial charge in [0.25, 0.3) is 10.0 Å². The first kappa shape index (κ1) is 13.3. The number of sulfonamides is 1. The van der Waals surface area contributed by atoms with E-state index in [1.807, 2.05) is 0 Å². The minimum atomic E-state index is -3.67. The molecule has 0 bridgehead atoms. The van der Waals surface area contributed by atoms with Crippen LogP contribution < -0.4 is 10.5 Å². The average Bonchev–Trinajstić information content (AvgIpc) is 2.81. The number of nitrogens with two attached hydrogens (primary N) is 1. The van der Waals surface area contributed by atoms with Crippen LogP contribution in [0.25, 0.3) is 0 Å². The van der Waals surface area contributed by atoms with Gasteiger partial charge in [0.15, 0.2) is 5.82 Å². The van der Waals surface area contributed by atoms with Gasteiger partial charge in [-0.05, 0) is 18.2 Å². The number of aromatic nitrogens is 1. The Balaban J connectivity index is 2.30. The second kappa shape index (κ2) is 5.23. The lowest BCUT2D eigenvalue weighted by atomic mass is 10.5. The molecular formula is C10H10ClN3O2S2. The van der Waals surface area contributed by atoms with Gasteiger partial charge < -0.3 is 5.73 Å². The van der Waals surface area contributed by atoms with Crippen LogP contribution >= 0.6 is 22.9 Å². The highest BCUT2D eigenvalue weighted by Crippen LogP contribution is 2.24. The number of anilines is 1. The maximum atomic E-state index is 12.0. The van der Waals surface area contributed by atoms with Crippen LogP contribution in [0.3, 0.4) is 0 Å². The second-order valence-electron chi connectivity index (χ2n) is 3.39. The van der Waals surface area contributed by atoms with Gasteiger partial charge in [-0.15, -0.1) is 11.3 Å². The third-order valence-corrected chi connectivity index (χ3v) is 4.86. The predicted molar refractivity (Wildman–Crippen MR) is 72.3 cm³/mol. The fourth-order valence-corrected chi connectivity index (χ4v) is 3.67. The summed E-state index contributed by atoms with van der Waals surface area (Å²) in [4.78, 5) is 4.83. The number of hydrogen-bond acceptors (Lipinski definition) is 5. The molecule has 3 N–H and O–H groups in total. The van der Waals surface area contributed by atoms with Crippen LogP contribution in [0.5, 0.6) is 0 Å². The lowest BCUT2D eigenvalue weighted by molar-refractivity contribution is 0.601. The zero-order chi connectivity index (χ0) is 13.2. The molecule has 0 saturated carbocycles. The maximum absolute atomic E-state index is 12.0. The predicted octanol–water partition coefficient (Wildman–Crippen LogP) is 2.06. The van der Waals surface area contributed by atoms with Gasteiger partial charge in [-0.1, -0.05) is 11.6 Å². The normalized spacial score (nSPS) is 11.4. The van der Waals surface area contributed by atoms with Crippen LogP contribution in [0.1, 0.15) is 4.88 Å². The molecule has 0 aromatic carbocycles. The Labute approximate surface area is 114 Å². The molecule has 2 heterocycles. The molecule has 0 aliphatic heterocycles. The van der Waals surface area contributed by atoms with E-state index in [0.717, 1.165) is 4.88 Å². The van der Waals surface area contributed by atoms with Crippen molar-refractivity contribution in [3.8, 4) is 0 Å². The third-order valence-electron chi connectivity index (χ3n) is 2.13. The van der Waals surface area contributed by atoms with E-state index in [4.69, 9.17) is 17.3 Å². The Hall–Kier alpha value is -1.15. The summed E-state index contributed by atoms with van der Waals surface area (Å²) in [6, 6.07) is 4.71. The van der Waals surface area contributed by atoms with Crippen LogP contribution in [0.2, 0.25) is 5.02 Å². The molecule has 0 fully saturated rings. The van der Waals surface area contributed by atoms with Crippen molar-refractivity contribution >= 4 is 38.8 Å². The molecule has 0 radical (unpaired) electrons. The third kappa shape index (κ3) is 2.81. The topological polar surface area (TPSA) is 85.1 Å². The van der Waals surface area contributed by atoms with Gasteiger partial charge in [0.1, 0.15) is 0 Å². The minimum absolute atomic E-state index is 0.111. The molecule has 0 spiro atoms. The summed E-state index contributed by atoms with van der Waals surface area (Å²) in [6.45, 7) is 0.310. The SMILES string of the molecule is NCc1cc(S(=O)(=O)Nc2ncccc2Cl)cs1. The van der Waals surface area contributed by atoms with Gasteiger partial charge >= 0.3 is 0 Å². The Morgan fingerprint density at radius 2 is 2.28 bits per heavy atom. The summed E-state index contributed by atoms with van der Waals surface area (Å²) in [5.74, 6) is 0.111. The Morgan fingerprint density at radius 3 is 2.89 bits per heavy atom. The zero-order valence-corrected chi connectivity index (χ0v) is 11.5. The first-order valence-corrected chi connectivity index (χ1v) is 7.68. The molecule has 2 aromatic rings. The number of thiophene rings is 1. The molecule has 0 atom stereocenters. The first-order valence-electron chi connectivity index (χ1n) is 4.94. The van der Waals surface area contributed by atoms with Gasteiger partial charge in [0.2, 0.25) is 0 Å². The number of nitrogens with one attached hydrogen (secondary N) is 1. The fraction of sp³-hybridized carbons (Fsp3) is 0.100. The summed E-state index contributed by atoms with van der Waals surface area (Å²) < 4.78 is 26.4. The van der Waals surface area contributed by atoms with E-state index < -0.39 is 10.0 Å². The highest BCUT2D eigenvalue weighted by Gasteiger charge is 2.17. The molecule has 0 aliphatic carbocycles. The van der Waals surface area contributed by atoms with E-state index in [1.54, 1.807) is 12.1 Å². The Kier molecular flexibility index (Phi) is 3.86. The van der Waals surface area contributed by atoms with E-state index in [2.05, 4.69) is 9.71 Å². The molecule has 5 nitrogen and oxygen atoms in total. The molecule has 0 saturated heterocycles. The van der Waals surface area contributed by atoms with Crippen molar-refractivity contribution in [1.82, 2.24) is 4.98 Å². The maximum Gasteiger partial charge on any atom is 0.263 e. The monoisotopic (exact) mass is 303 g/mol. The molecule has 2 rings (SSSR count). The van der Waals surface area contributed by atoms with Crippen molar-refractivity contribution in [2.45, 2.75) is 11.4 Å². The summed E-state index contributed by atoms with van der Waals surface area (Å²) in [5.41, 5.74) is 5.44. The van der Waals surface area contributed by atoms with Crippen molar-refractivity contribution in [2.75, 3.05) is 4.72 Å². The zero-order valence-electron chi connectivity index (χ0n) is 9.13. The average molecular weight is 304 g/mol. The summed E-state index contributed by atoms with van der Waals surface area (Å²) in [7, 11) is -3.67. The molecule has 2 aromatic heterocycles. The minimum Gasteiger partial charge on any atom is -0.326 e. The summed E-state index contributed by atoms with van der Waals surface area (Å²) in [5, 5.41) is 1.77. The standard InChI is InChI=1S/C10H10ClN3O2S2/c11-9-2-1-3-13-10(9)14-18(15,16)8-4-7(5-12)17-6-8/h1-4,6H,5,12H2,(H,13,14). The molecular weight excluding hydrogens is 294 g/mol. The molecule has 96 valence electrons. The van der Waals surface area contributed by atoms with E-state index in [9.17, 15) is 8.42 Å². The largest absolute Gasteiger partial charge is 0.326 e. The number of nitrogens with zero attached hydrogens (tertiary/aromatic N) is 1. The van der Waals surface area contributed by atoms with Gasteiger partial charge in [0, 0.05) is 23.0 Å². The summed E-state index contributed by atoms with van der Waals surface area (Å²) in [6.07, 6.45) is 1.46. The van der Waals surface area contributed by atoms with E-state index in [0.29, 0.717) is 6.54 Å². The van der Waals surface area contributed by atoms with Gasteiger partial charge in [0.05, 0.1) is 9.92 Å². The van der Waals surface area contributed by atoms with Crippen LogP contribution in [0.4, 0.5) is 5.82 Å². The van der Waals surface area contributed by atoms with Crippen LogP contribution in [-0.2, 0) is 16.6 Å². The fourth-order valence-electron chi connectivity index (χ4n) is 1.26. The smallest absolute Gasteiger partial charge is 0.263 e. The number of halogens is 1. The number of pyridine rings is 1. The molecule has 8 heteroatoms. The van der Waals surface area contributed by atoms with Crippen molar-refractivity contribution in [2.24, 2.45) is 5.73 Å². The first-order chi connectivity index (χ1) is 8.53. The van der Waals surface area contributed by atoms with Gasteiger partial charge in [-0.2, -0.15) is 0 Å². The number of hydrogen-bond donors (Lipinski definition) is 2. The van der Waals surface area contributed by atoms with Crippen LogP contribution in [0, 0.1) is 0 Å². The number of rotatable bonds is 4. The van der Waals surface area contributed by atoms with Crippen LogP contribution in [-0.4, -0.2) is 13.4 Å². The van der Waals surface area contributed by atoms with Gasteiger partial charge in [-0.3, -0.25) is 4.72 Å². The molecule has 0 amide bonds. The van der Waals surface area contributed by atoms with E-state index >= 15 is 0 Å². The molecule has 18 heavy (non-hydrogen) atoms. The highest BCUT2D eigenvalue weighted by atomic mass is 35.5.